The number of pyridine rings is 2. The largest absolute Gasteiger partial charge is 0.487 e. The molecule has 5 rings (SSSR count). The summed E-state index contributed by atoms with van der Waals surface area (Å²) in [4.78, 5) is 16.1. The number of nitrogens with zero attached hydrogens (tertiary/aromatic N) is 4. The zero-order valence-corrected chi connectivity index (χ0v) is 20.8. The van der Waals surface area contributed by atoms with Crippen molar-refractivity contribution in [2.75, 3.05) is 11.1 Å². The van der Waals surface area contributed by atoms with Gasteiger partial charge < -0.3 is 20.4 Å². The number of aromatic nitrogens is 4. The van der Waals surface area contributed by atoms with Crippen molar-refractivity contribution in [3.63, 3.8) is 0 Å². The molecule has 186 valence electrons. The Balaban J connectivity index is 1.22. The van der Waals surface area contributed by atoms with Crippen LogP contribution in [-0.2, 0) is 19.7 Å². The third-order valence-corrected chi connectivity index (χ3v) is 6.47. The Kier molecular flexibility index (Phi) is 6.81. The summed E-state index contributed by atoms with van der Waals surface area (Å²) in [7, 11) is 0. The topological polar surface area (TPSA) is 108 Å². The van der Waals surface area contributed by atoms with Gasteiger partial charge in [-0.15, -0.1) is 5.10 Å². The minimum absolute atomic E-state index is 0.0163. The first-order chi connectivity index (χ1) is 18.0. The maximum absolute atomic E-state index is 11.9. The number of hydrogen-bond donors (Lipinski definition) is 2. The number of ether oxygens (including phenoxy) is 1. The van der Waals surface area contributed by atoms with Crippen LogP contribution in [0.3, 0.4) is 0 Å². The average molecular weight is 493 g/mol. The van der Waals surface area contributed by atoms with Crippen LogP contribution in [-0.4, -0.2) is 19.7 Å². The first-order valence-electron chi connectivity index (χ1n) is 12.0. The minimum Gasteiger partial charge on any atom is -0.487 e. The molecule has 3 aromatic heterocycles. The third kappa shape index (κ3) is 5.43. The van der Waals surface area contributed by atoms with Crippen LogP contribution in [0.1, 0.15) is 27.8 Å². The standard InChI is InChI=1S/C29H28N6O2/c1-19-13-25-24(10-11-31-29(25)30)20(2)26(19)16-32-27-14-23(15-33-34-27)37-18-22-8-6-21(7-9-22)17-35-12-4-3-5-28(35)36/h3-15H,16-18H2,1-2H3,(H2,30,31)(H,32,34). The van der Waals surface area contributed by atoms with Gasteiger partial charge in [0, 0.05) is 36.5 Å². The molecule has 0 amide bonds. The Morgan fingerprint density at radius 1 is 1.00 bits per heavy atom. The van der Waals surface area contributed by atoms with Crippen LogP contribution in [0.15, 0.2) is 84.0 Å². The first-order valence-corrected chi connectivity index (χ1v) is 12.0. The highest BCUT2D eigenvalue weighted by Gasteiger charge is 2.11. The molecule has 0 atom stereocenters. The Bertz CT molecular complexity index is 1610. The maximum Gasteiger partial charge on any atom is 0.250 e. The van der Waals surface area contributed by atoms with E-state index in [1.807, 2.05) is 42.5 Å². The highest BCUT2D eigenvalue weighted by Crippen LogP contribution is 2.28. The molecule has 0 saturated carbocycles. The molecule has 5 aromatic rings. The van der Waals surface area contributed by atoms with E-state index >= 15 is 0 Å². The van der Waals surface area contributed by atoms with E-state index in [1.54, 1.807) is 35.3 Å². The van der Waals surface area contributed by atoms with Crippen molar-refractivity contribution in [3.8, 4) is 5.75 Å². The monoisotopic (exact) mass is 492 g/mol. The predicted octanol–water partition coefficient (Wildman–Crippen LogP) is 4.62. The molecule has 3 heterocycles. The molecule has 0 aliphatic rings. The van der Waals surface area contributed by atoms with Crippen LogP contribution >= 0.6 is 0 Å². The Morgan fingerprint density at radius 3 is 2.62 bits per heavy atom. The van der Waals surface area contributed by atoms with Gasteiger partial charge in [0.2, 0.25) is 0 Å². The lowest BCUT2D eigenvalue weighted by Gasteiger charge is -2.15. The van der Waals surface area contributed by atoms with E-state index in [4.69, 9.17) is 10.5 Å². The van der Waals surface area contributed by atoms with Gasteiger partial charge in [0.1, 0.15) is 18.2 Å². The fraction of sp³-hybridized carbons (Fsp3) is 0.172. The molecule has 0 spiro atoms. The summed E-state index contributed by atoms with van der Waals surface area (Å²) in [5.74, 6) is 1.80. The molecule has 0 radical (unpaired) electrons. The first kappa shape index (κ1) is 24.0. The molecule has 3 N–H and O–H groups in total. The van der Waals surface area contributed by atoms with Crippen molar-refractivity contribution in [3.05, 3.63) is 117 Å². The van der Waals surface area contributed by atoms with Gasteiger partial charge in [0.15, 0.2) is 5.82 Å². The molecule has 0 saturated heterocycles. The highest BCUT2D eigenvalue weighted by molar-refractivity contribution is 5.94. The predicted molar refractivity (Wildman–Crippen MR) is 146 cm³/mol. The highest BCUT2D eigenvalue weighted by atomic mass is 16.5. The number of hydrogen-bond acceptors (Lipinski definition) is 7. The fourth-order valence-corrected chi connectivity index (χ4v) is 4.39. The van der Waals surface area contributed by atoms with Crippen molar-refractivity contribution in [2.45, 2.75) is 33.5 Å². The van der Waals surface area contributed by atoms with Gasteiger partial charge in [-0.3, -0.25) is 4.79 Å². The molecule has 0 aliphatic heterocycles. The van der Waals surface area contributed by atoms with Gasteiger partial charge in [-0.05, 0) is 65.3 Å². The number of fused-ring (bicyclic) bond motifs is 1. The van der Waals surface area contributed by atoms with Crippen LogP contribution < -0.4 is 21.3 Å². The summed E-state index contributed by atoms with van der Waals surface area (Å²) >= 11 is 0. The fourth-order valence-electron chi connectivity index (χ4n) is 4.39. The Morgan fingerprint density at radius 2 is 1.81 bits per heavy atom. The minimum atomic E-state index is -0.0163. The summed E-state index contributed by atoms with van der Waals surface area (Å²) in [5.41, 5.74) is 11.6. The zero-order chi connectivity index (χ0) is 25.8. The number of rotatable bonds is 8. The summed E-state index contributed by atoms with van der Waals surface area (Å²) in [6, 6.07) is 19.1. The van der Waals surface area contributed by atoms with Crippen LogP contribution in [0.5, 0.6) is 5.75 Å². The van der Waals surface area contributed by atoms with Crippen molar-refractivity contribution >= 4 is 22.4 Å². The van der Waals surface area contributed by atoms with Gasteiger partial charge in [0.05, 0.1) is 12.7 Å². The Hall–Kier alpha value is -4.72. The Labute approximate surface area is 214 Å². The van der Waals surface area contributed by atoms with E-state index < -0.39 is 0 Å². The summed E-state index contributed by atoms with van der Waals surface area (Å²) in [6.45, 7) is 5.70. The van der Waals surface area contributed by atoms with Gasteiger partial charge in [0.25, 0.3) is 5.56 Å². The van der Waals surface area contributed by atoms with Crippen LogP contribution in [0.2, 0.25) is 0 Å². The molecule has 8 nitrogen and oxygen atoms in total. The molecule has 0 bridgehead atoms. The smallest absolute Gasteiger partial charge is 0.250 e. The van der Waals surface area contributed by atoms with Crippen molar-refractivity contribution in [1.82, 2.24) is 19.7 Å². The third-order valence-electron chi connectivity index (χ3n) is 6.47. The number of benzene rings is 2. The van der Waals surface area contributed by atoms with Crippen LogP contribution in [0.25, 0.3) is 10.8 Å². The lowest BCUT2D eigenvalue weighted by Crippen LogP contribution is -2.18. The number of nitrogen functional groups attached to an aromatic ring is 1. The second kappa shape index (κ2) is 10.5. The zero-order valence-electron chi connectivity index (χ0n) is 20.8. The van der Waals surface area contributed by atoms with E-state index in [0.29, 0.717) is 37.1 Å². The molecule has 37 heavy (non-hydrogen) atoms. The van der Waals surface area contributed by atoms with Crippen LogP contribution in [0, 0.1) is 13.8 Å². The van der Waals surface area contributed by atoms with Gasteiger partial charge >= 0.3 is 0 Å². The van der Waals surface area contributed by atoms with E-state index in [1.165, 1.54) is 5.56 Å². The van der Waals surface area contributed by atoms with Crippen molar-refractivity contribution in [1.29, 1.82) is 0 Å². The van der Waals surface area contributed by atoms with E-state index in [2.05, 4.69) is 40.4 Å². The van der Waals surface area contributed by atoms with Gasteiger partial charge in [-0.25, -0.2) is 4.98 Å². The summed E-state index contributed by atoms with van der Waals surface area (Å²) in [5, 5.41) is 13.7. The lowest BCUT2D eigenvalue weighted by atomic mass is 9.96. The molecule has 0 fully saturated rings. The molecular formula is C29H28N6O2. The quantitative estimate of drug-likeness (QED) is 0.325. The maximum atomic E-state index is 11.9. The average Bonchev–Trinajstić information content (AvgIpc) is 2.90. The number of anilines is 2. The second-order valence-electron chi connectivity index (χ2n) is 8.99. The normalized spacial score (nSPS) is 11.0. The van der Waals surface area contributed by atoms with Gasteiger partial charge in [-0.2, -0.15) is 5.10 Å². The SMILES string of the molecule is Cc1cc2c(N)nccc2c(C)c1CNc1cc(OCc2ccc(Cn3ccccc3=O)cc2)cnn1. The van der Waals surface area contributed by atoms with E-state index in [-0.39, 0.29) is 5.56 Å². The molecule has 0 aliphatic carbocycles. The molecular weight excluding hydrogens is 464 g/mol. The van der Waals surface area contributed by atoms with E-state index in [0.717, 1.165) is 33.0 Å². The second-order valence-corrected chi connectivity index (χ2v) is 8.99. The molecule has 0 unspecified atom stereocenters. The molecule has 8 heteroatoms. The van der Waals surface area contributed by atoms with Crippen molar-refractivity contribution < 1.29 is 4.74 Å². The lowest BCUT2D eigenvalue weighted by molar-refractivity contribution is 0.304. The van der Waals surface area contributed by atoms with Crippen molar-refractivity contribution in [2.24, 2.45) is 0 Å². The number of aryl methyl sites for hydroxylation is 2. The summed E-state index contributed by atoms with van der Waals surface area (Å²) in [6.07, 6.45) is 5.13. The van der Waals surface area contributed by atoms with Gasteiger partial charge in [-0.1, -0.05) is 30.3 Å². The number of nitrogens with one attached hydrogen (secondary N) is 1. The van der Waals surface area contributed by atoms with E-state index in [9.17, 15) is 4.79 Å². The number of nitrogens with two attached hydrogens (primary N) is 1. The molecule has 2 aromatic carbocycles. The summed E-state index contributed by atoms with van der Waals surface area (Å²) < 4.78 is 7.64. The van der Waals surface area contributed by atoms with Crippen LogP contribution in [0.4, 0.5) is 11.6 Å².